The summed E-state index contributed by atoms with van der Waals surface area (Å²) in [5.41, 5.74) is -0.859. The first-order valence-corrected chi connectivity index (χ1v) is 7.22. The summed E-state index contributed by atoms with van der Waals surface area (Å²) in [6.07, 6.45) is 2.90. The zero-order chi connectivity index (χ0) is 17.4. The number of nitro groups is 1. The summed E-state index contributed by atoms with van der Waals surface area (Å²) >= 11 is 0. The maximum absolute atomic E-state index is 11.8. The number of hydrogen-bond acceptors (Lipinski definition) is 7. The quantitative estimate of drug-likeness (QED) is 0.401. The molecule has 0 saturated carbocycles. The lowest BCUT2D eigenvalue weighted by molar-refractivity contribution is -0.384. The maximum atomic E-state index is 11.8. The molecule has 1 aromatic rings. The van der Waals surface area contributed by atoms with Gasteiger partial charge in [0.05, 0.1) is 11.5 Å². The summed E-state index contributed by atoms with van der Waals surface area (Å²) in [4.78, 5) is 37.4. The lowest BCUT2D eigenvalue weighted by atomic mass is 10.1. The van der Waals surface area contributed by atoms with E-state index >= 15 is 0 Å². The Hall–Kier alpha value is -2.71. The van der Waals surface area contributed by atoms with E-state index in [4.69, 9.17) is 4.74 Å². The first-order valence-electron chi connectivity index (χ1n) is 7.22. The number of aliphatic carboxylic acids is 1. The molecule has 126 valence electrons. The second-order valence-corrected chi connectivity index (χ2v) is 4.71. The highest BCUT2D eigenvalue weighted by Gasteiger charge is 2.29. The van der Waals surface area contributed by atoms with Crippen LogP contribution < -0.4 is 5.32 Å². The van der Waals surface area contributed by atoms with E-state index < -0.39 is 28.6 Å². The molecule has 0 fully saturated rings. The third kappa shape index (κ3) is 4.90. The predicted molar refractivity (Wildman–Crippen MR) is 81.4 cm³/mol. The minimum absolute atomic E-state index is 0.0648. The molecule has 0 spiro atoms. The van der Waals surface area contributed by atoms with E-state index in [1.807, 2.05) is 6.92 Å². The second kappa shape index (κ2) is 8.66. The third-order valence-electron chi connectivity index (χ3n) is 3.06. The highest BCUT2D eigenvalue weighted by molar-refractivity contribution is 5.96. The SMILES string of the molecule is CCCC[C@H](Nc1nccc(C(=O)OCC)c1[N+](=O)[O-])C(=O)O. The van der Waals surface area contributed by atoms with Crippen molar-refractivity contribution in [3.05, 3.63) is 27.9 Å². The number of carboxylic acid groups (broad SMARTS) is 1. The van der Waals surface area contributed by atoms with Crippen molar-refractivity contribution in [1.29, 1.82) is 0 Å². The van der Waals surface area contributed by atoms with Crippen LogP contribution in [0.15, 0.2) is 12.3 Å². The van der Waals surface area contributed by atoms with Gasteiger partial charge in [-0.05, 0) is 19.4 Å². The molecule has 9 heteroatoms. The molecule has 0 aliphatic rings. The van der Waals surface area contributed by atoms with E-state index in [1.54, 1.807) is 6.92 Å². The summed E-state index contributed by atoms with van der Waals surface area (Å²) in [5.74, 6) is -2.26. The molecule has 1 aromatic heterocycles. The molecular weight excluding hydrogens is 306 g/mol. The number of unbranched alkanes of at least 4 members (excludes halogenated alkanes) is 1. The minimum Gasteiger partial charge on any atom is -0.480 e. The van der Waals surface area contributed by atoms with Crippen molar-refractivity contribution in [2.75, 3.05) is 11.9 Å². The van der Waals surface area contributed by atoms with Crippen molar-refractivity contribution in [2.24, 2.45) is 0 Å². The fourth-order valence-corrected chi connectivity index (χ4v) is 1.95. The maximum Gasteiger partial charge on any atom is 0.345 e. The van der Waals surface area contributed by atoms with Crippen LogP contribution in [0.4, 0.5) is 11.5 Å². The standard InChI is InChI=1S/C14H19N3O6/c1-3-5-6-10(13(18)19)16-12-11(17(21)22)9(7-8-15-12)14(20)23-4-2/h7-8,10H,3-6H2,1-2H3,(H,15,16)(H,18,19)/t10-/m0/s1. The molecule has 0 bridgehead atoms. The molecule has 0 unspecified atom stereocenters. The van der Waals surface area contributed by atoms with Crippen LogP contribution in [0.5, 0.6) is 0 Å². The van der Waals surface area contributed by atoms with E-state index in [1.165, 1.54) is 12.3 Å². The summed E-state index contributed by atoms with van der Waals surface area (Å²) in [6.45, 7) is 3.55. The van der Waals surface area contributed by atoms with Crippen LogP contribution in [-0.4, -0.2) is 39.6 Å². The number of pyridine rings is 1. The van der Waals surface area contributed by atoms with Crippen LogP contribution in [-0.2, 0) is 9.53 Å². The number of ether oxygens (including phenoxy) is 1. The van der Waals surface area contributed by atoms with Gasteiger partial charge in [-0.25, -0.2) is 14.6 Å². The van der Waals surface area contributed by atoms with Gasteiger partial charge in [0.15, 0.2) is 0 Å². The van der Waals surface area contributed by atoms with Crippen molar-refractivity contribution in [1.82, 2.24) is 4.98 Å². The number of anilines is 1. The number of esters is 1. The van der Waals surface area contributed by atoms with Gasteiger partial charge in [-0.1, -0.05) is 19.8 Å². The van der Waals surface area contributed by atoms with Gasteiger partial charge in [0.2, 0.25) is 5.82 Å². The van der Waals surface area contributed by atoms with Crippen LogP contribution in [0.1, 0.15) is 43.5 Å². The third-order valence-corrected chi connectivity index (χ3v) is 3.06. The highest BCUT2D eigenvalue weighted by atomic mass is 16.6. The zero-order valence-corrected chi connectivity index (χ0v) is 12.9. The van der Waals surface area contributed by atoms with Crippen LogP contribution in [0.2, 0.25) is 0 Å². The fraction of sp³-hybridized carbons (Fsp3) is 0.500. The molecule has 1 heterocycles. The molecule has 9 nitrogen and oxygen atoms in total. The smallest absolute Gasteiger partial charge is 0.345 e. The van der Waals surface area contributed by atoms with Gasteiger partial charge in [-0.2, -0.15) is 0 Å². The van der Waals surface area contributed by atoms with Crippen LogP contribution in [0, 0.1) is 10.1 Å². The van der Waals surface area contributed by atoms with Gasteiger partial charge in [-0.3, -0.25) is 10.1 Å². The Morgan fingerprint density at radius 3 is 2.70 bits per heavy atom. The lowest BCUT2D eigenvalue weighted by Crippen LogP contribution is -2.30. The normalized spacial score (nSPS) is 11.6. The number of hydrogen-bond donors (Lipinski definition) is 2. The number of nitrogens with zero attached hydrogens (tertiary/aromatic N) is 2. The highest BCUT2D eigenvalue weighted by Crippen LogP contribution is 2.28. The summed E-state index contributed by atoms with van der Waals surface area (Å²) in [7, 11) is 0. The summed E-state index contributed by atoms with van der Waals surface area (Å²) in [5, 5.41) is 23.0. The number of rotatable bonds is 9. The number of carbonyl (C=O) groups excluding carboxylic acids is 1. The van der Waals surface area contributed by atoms with Crippen molar-refractivity contribution >= 4 is 23.4 Å². The predicted octanol–water partition coefficient (Wildman–Crippen LogP) is 2.22. The number of carboxylic acids is 1. The van der Waals surface area contributed by atoms with E-state index in [0.717, 1.165) is 6.42 Å². The van der Waals surface area contributed by atoms with Crippen LogP contribution in [0.3, 0.4) is 0 Å². The largest absolute Gasteiger partial charge is 0.480 e. The molecule has 0 aromatic carbocycles. The first-order chi connectivity index (χ1) is 10.9. The Kier molecular flexibility index (Phi) is 6.91. The lowest BCUT2D eigenvalue weighted by Gasteiger charge is -2.15. The number of carbonyl (C=O) groups is 2. The topological polar surface area (TPSA) is 132 Å². The van der Waals surface area contributed by atoms with Gasteiger partial charge < -0.3 is 15.2 Å². The Morgan fingerprint density at radius 2 is 2.17 bits per heavy atom. The molecule has 1 rings (SSSR count). The Balaban J connectivity index is 3.19. The number of aromatic nitrogens is 1. The summed E-state index contributed by atoms with van der Waals surface area (Å²) < 4.78 is 4.78. The molecule has 2 N–H and O–H groups in total. The molecule has 23 heavy (non-hydrogen) atoms. The van der Waals surface area contributed by atoms with Gasteiger partial charge in [0, 0.05) is 6.20 Å². The molecule has 0 amide bonds. The average Bonchev–Trinajstić information content (AvgIpc) is 2.50. The monoisotopic (exact) mass is 325 g/mol. The average molecular weight is 325 g/mol. The number of nitrogens with one attached hydrogen (secondary N) is 1. The van der Waals surface area contributed by atoms with Crippen LogP contribution >= 0.6 is 0 Å². The fourth-order valence-electron chi connectivity index (χ4n) is 1.95. The molecule has 0 radical (unpaired) electrons. The Morgan fingerprint density at radius 1 is 1.48 bits per heavy atom. The second-order valence-electron chi connectivity index (χ2n) is 4.71. The van der Waals surface area contributed by atoms with Gasteiger partial charge in [0.25, 0.3) is 0 Å². The van der Waals surface area contributed by atoms with Crippen molar-refractivity contribution in [3.8, 4) is 0 Å². The van der Waals surface area contributed by atoms with Gasteiger partial charge >= 0.3 is 17.6 Å². The summed E-state index contributed by atoms with van der Waals surface area (Å²) in [6, 6.07) is 0.141. The van der Waals surface area contributed by atoms with Gasteiger partial charge in [-0.15, -0.1) is 0 Å². The van der Waals surface area contributed by atoms with Crippen LogP contribution in [0.25, 0.3) is 0 Å². The molecule has 0 aliphatic heterocycles. The zero-order valence-electron chi connectivity index (χ0n) is 12.9. The molecular formula is C14H19N3O6. The Bertz CT molecular complexity index is 590. The van der Waals surface area contributed by atoms with Gasteiger partial charge in [0.1, 0.15) is 11.6 Å². The van der Waals surface area contributed by atoms with Crippen molar-refractivity contribution < 1.29 is 24.4 Å². The molecule has 0 saturated heterocycles. The first kappa shape index (κ1) is 18.3. The van der Waals surface area contributed by atoms with Crippen molar-refractivity contribution in [3.63, 3.8) is 0 Å². The van der Waals surface area contributed by atoms with E-state index in [9.17, 15) is 24.8 Å². The van der Waals surface area contributed by atoms with E-state index in [0.29, 0.717) is 6.42 Å². The molecule has 0 aliphatic carbocycles. The van der Waals surface area contributed by atoms with Crippen molar-refractivity contribution in [2.45, 2.75) is 39.2 Å². The van der Waals surface area contributed by atoms with E-state index in [2.05, 4.69) is 10.3 Å². The molecule has 1 atom stereocenters. The van der Waals surface area contributed by atoms with E-state index in [-0.39, 0.29) is 24.4 Å². The minimum atomic E-state index is -1.14. The Labute approximate surface area is 132 Å².